The zero-order valence-corrected chi connectivity index (χ0v) is 58.3. The number of fused-ring (bicyclic) bond motifs is 8. The van der Waals surface area contributed by atoms with E-state index in [0.717, 1.165) is 17.1 Å². The van der Waals surface area contributed by atoms with Gasteiger partial charge >= 0.3 is 0 Å². The Kier molecular flexibility index (Phi) is 14.1. The molecule has 3 aliphatic rings. The quantitative estimate of drug-likeness (QED) is 0.147. The van der Waals surface area contributed by atoms with E-state index in [-0.39, 0.29) is 39.2 Å². The van der Waals surface area contributed by atoms with Crippen LogP contribution in [0.2, 0.25) is 0 Å². The molecule has 11 aromatic carbocycles. The van der Waals surface area contributed by atoms with Crippen LogP contribution in [-0.4, -0.2) is 11.3 Å². The minimum absolute atomic E-state index is 0.0545. The topological polar surface area (TPSA) is 11.4 Å². The highest BCUT2D eigenvalue weighted by molar-refractivity contribution is 7.00. The SMILES string of the molecule is CC(C)(C)c1cc(-c2ccc3c(c2)B2c4cc(-c5cc(C(C)(C)C)cc(C(C)(C)C)c5)ccc4N(c4ccc(-c5ccc6c(c5)C(C)(C)CCC6(C)C)cc4)c4cc(-n5c6ccccc6c6ccccc65)cc(c42)N3c2ccc(-c3ccccc3)cc2)cc(C(C)(C)C)c1. The van der Waals surface area contributed by atoms with Crippen LogP contribution in [0.15, 0.2) is 231 Å². The Labute approximate surface area is 560 Å². The minimum Gasteiger partial charge on any atom is -0.311 e. The van der Waals surface area contributed by atoms with E-state index in [1.54, 1.807) is 0 Å². The van der Waals surface area contributed by atoms with Gasteiger partial charge < -0.3 is 14.4 Å². The molecule has 0 amide bonds. The van der Waals surface area contributed by atoms with Gasteiger partial charge in [0.1, 0.15) is 0 Å². The molecule has 3 nitrogen and oxygen atoms in total. The summed E-state index contributed by atoms with van der Waals surface area (Å²) < 4.78 is 2.52. The number of nitrogens with zero attached hydrogens (tertiary/aromatic N) is 3. The van der Waals surface area contributed by atoms with Crippen LogP contribution in [0, 0.1) is 0 Å². The third-order valence-electron chi connectivity index (χ3n) is 21.4. The lowest BCUT2D eigenvalue weighted by Gasteiger charge is -2.45. The fraction of sp³-hybridized carbons (Fsp3) is 0.267. The molecule has 0 unspecified atom stereocenters. The first-order valence-corrected chi connectivity index (χ1v) is 34.4. The number of aromatic nitrogens is 1. The maximum Gasteiger partial charge on any atom is 0.252 e. The summed E-state index contributed by atoms with van der Waals surface area (Å²) in [7, 11) is 0. The van der Waals surface area contributed by atoms with Gasteiger partial charge in [-0.2, -0.15) is 0 Å². The lowest BCUT2D eigenvalue weighted by molar-refractivity contribution is 0.332. The van der Waals surface area contributed by atoms with Crippen molar-refractivity contribution in [1.82, 2.24) is 4.57 Å². The molecule has 0 atom stereocenters. The van der Waals surface area contributed by atoms with Gasteiger partial charge in [0.2, 0.25) is 0 Å². The predicted molar refractivity (Wildman–Crippen MR) is 407 cm³/mol. The summed E-state index contributed by atoms with van der Waals surface area (Å²) in [5, 5.41) is 2.48. The van der Waals surface area contributed by atoms with Crippen molar-refractivity contribution in [3.05, 3.63) is 264 Å². The van der Waals surface area contributed by atoms with Crippen LogP contribution >= 0.6 is 0 Å². The van der Waals surface area contributed by atoms with Gasteiger partial charge in [-0.05, 0) is 200 Å². The van der Waals surface area contributed by atoms with Crippen molar-refractivity contribution >= 4 is 79.0 Å². The largest absolute Gasteiger partial charge is 0.311 e. The molecule has 0 saturated carbocycles. The lowest BCUT2D eigenvalue weighted by Crippen LogP contribution is -2.61. The summed E-state index contributed by atoms with van der Waals surface area (Å²) in [6.45, 7) is 37.8. The number of anilines is 6. The highest BCUT2D eigenvalue weighted by Gasteiger charge is 2.45. The van der Waals surface area contributed by atoms with Crippen molar-refractivity contribution < 1.29 is 0 Å². The zero-order valence-electron chi connectivity index (χ0n) is 58.3. The number of hydrogen-bond acceptors (Lipinski definition) is 2. The van der Waals surface area contributed by atoms with E-state index < -0.39 is 0 Å². The van der Waals surface area contributed by atoms with E-state index in [9.17, 15) is 0 Å². The van der Waals surface area contributed by atoms with Crippen molar-refractivity contribution in [3.63, 3.8) is 0 Å². The van der Waals surface area contributed by atoms with Gasteiger partial charge in [0.05, 0.1) is 16.7 Å². The predicted octanol–water partition coefficient (Wildman–Crippen LogP) is 23.1. The van der Waals surface area contributed by atoms with E-state index in [2.05, 4.69) is 356 Å². The van der Waals surface area contributed by atoms with Crippen LogP contribution in [-0.2, 0) is 32.5 Å². The van der Waals surface area contributed by atoms with E-state index >= 15 is 0 Å². The number of rotatable bonds is 7. The zero-order chi connectivity index (χ0) is 65.8. The molecule has 4 heteroatoms. The number of hydrogen-bond donors (Lipinski definition) is 0. The van der Waals surface area contributed by atoms with Crippen molar-refractivity contribution in [2.24, 2.45) is 0 Å². The molecule has 0 fully saturated rings. The van der Waals surface area contributed by atoms with Crippen molar-refractivity contribution in [1.29, 1.82) is 0 Å². The molecule has 3 heterocycles. The Morgan fingerprint density at radius 3 is 1.10 bits per heavy atom. The standard InChI is InChI=1S/C90H90BN3/c1-85(2,3)65-46-63(47-66(53-65)86(4,5)6)61-35-42-80-76(51-61)91-77-52-62(64-48-67(87(7,8)9)54-68(49-64)88(10,11)12)36-43-81(77)93(70-39-32-59(33-40-70)60-34-41-74-75(50-60)90(15,16)45-44-89(74,13)14)83-56-71(94-78-28-22-20-26-72(78)73-27-21-23-29-79(73)94)55-82(84(83)91)92(80)69-37-30-58(31-38-69)57-24-18-17-19-25-57/h17-43,46-56H,44-45H2,1-16H3. The first kappa shape index (κ1) is 61.1. The normalized spacial score (nSPS) is 15.0. The van der Waals surface area contributed by atoms with Crippen LogP contribution in [0.4, 0.5) is 34.1 Å². The molecule has 1 aliphatic carbocycles. The summed E-state index contributed by atoms with van der Waals surface area (Å²) in [4.78, 5) is 5.22. The summed E-state index contributed by atoms with van der Waals surface area (Å²) >= 11 is 0. The first-order chi connectivity index (χ1) is 44.6. The molecule has 15 rings (SSSR count). The maximum atomic E-state index is 2.62. The molecule has 468 valence electrons. The van der Waals surface area contributed by atoms with Gasteiger partial charge in [-0.25, -0.2) is 0 Å². The van der Waals surface area contributed by atoms with Crippen LogP contribution in [0.3, 0.4) is 0 Å². The van der Waals surface area contributed by atoms with Crippen LogP contribution < -0.4 is 26.2 Å². The maximum absolute atomic E-state index is 2.62. The highest BCUT2D eigenvalue weighted by Crippen LogP contribution is 2.51. The van der Waals surface area contributed by atoms with Gasteiger partial charge in [0.25, 0.3) is 6.71 Å². The molecule has 0 N–H and O–H groups in total. The van der Waals surface area contributed by atoms with E-state index in [1.807, 2.05) is 0 Å². The third-order valence-corrected chi connectivity index (χ3v) is 21.4. The lowest BCUT2D eigenvalue weighted by atomic mass is 9.33. The molecular formula is C90H90BN3. The summed E-state index contributed by atoms with van der Waals surface area (Å²) in [5.41, 5.74) is 32.4. The molecule has 0 bridgehead atoms. The first-order valence-electron chi connectivity index (χ1n) is 34.4. The van der Waals surface area contributed by atoms with Crippen molar-refractivity contribution in [2.75, 3.05) is 9.80 Å². The fourth-order valence-electron chi connectivity index (χ4n) is 15.6. The number of para-hydroxylation sites is 2. The van der Waals surface area contributed by atoms with E-state index in [1.165, 1.54) is 152 Å². The van der Waals surface area contributed by atoms with Gasteiger partial charge in [0, 0.05) is 44.9 Å². The fourth-order valence-corrected chi connectivity index (χ4v) is 15.6. The van der Waals surface area contributed by atoms with Gasteiger partial charge in [-0.15, -0.1) is 0 Å². The molecule has 94 heavy (non-hydrogen) atoms. The van der Waals surface area contributed by atoms with E-state index in [0.29, 0.717) is 0 Å². The van der Waals surface area contributed by atoms with E-state index in [4.69, 9.17) is 0 Å². The molecular weight excluding hydrogens is 1130 g/mol. The smallest absolute Gasteiger partial charge is 0.252 e. The second-order valence-corrected chi connectivity index (χ2v) is 33.0. The summed E-state index contributed by atoms with van der Waals surface area (Å²) in [5.74, 6) is 0. The molecule has 1 aromatic heterocycles. The monoisotopic (exact) mass is 1220 g/mol. The Morgan fingerprint density at radius 2 is 0.660 bits per heavy atom. The Bertz CT molecular complexity index is 4870. The molecule has 0 spiro atoms. The second-order valence-electron chi connectivity index (χ2n) is 33.0. The Balaban J connectivity index is 1.04. The van der Waals surface area contributed by atoms with Gasteiger partial charge in [-0.1, -0.05) is 281 Å². The van der Waals surface area contributed by atoms with Crippen molar-refractivity contribution in [2.45, 2.75) is 156 Å². The van der Waals surface area contributed by atoms with Crippen LogP contribution in [0.5, 0.6) is 0 Å². The average Bonchev–Trinajstić information content (AvgIpc) is 0.779. The molecule has 12 aromatic rings. The second kappa shape index (κ2) is 21.7. The molecule has 0 radical (unpaired) electrons. The van der Waals surface area contributed by atoms with Gasteiger partial charge in [0.15, 0.2) is 0 Å². The van der Waals surface area contributed by atoms with Crippen LogP contribution in [0.25, 0.3) is 72.0 Å². The van der Waals surface area contributed by atoms with Crippen molar-refractivity contribution in [3.8, 4) is 50.2 Å². The summed E-state index contributed by atoms with van der Waals surface area (Å²) in [6.07, 6.45) is 2.37. The average molecular weight is 1220 g/mol. The molecule has 0 saturated heterocycles. The number of benzene rings is 11. The minimum atomic E-state index is -0.165. The third kappa shape index (κ3) is 10.4. The molecule has 2 aliphatic heterocycles. The van der Waals surface area contributed by atoms with Gasteiger partial charge in [-0.3, -0.25) is 0 Å². The van der Waals surface area contributed by atoms with Crippen LogP contribution in [0.1, 0.15) is 157 Å². The highest BCUT2D eigenvalue weighted by atomic mass is 15.2. The summed E-state index contributed by atoms with van der Waals surface area (Å²) in [6, 6.07) is 89.7. The Morgan fingerprint density at radius 1 is 0.298 bits per heavy atom. The Hall–Kier alpha value is -9.12.